The van der Waals surface area contributed by atoms with Crippen LogP contribution in [0.15, 0.2) is 54.6 Å². The average Bonchev–Trinajstić information content (AvgIpc) is 2.68. The lowest BCUT2D eigenvalue weighted by molar-refractivity contribution is -0.140. The van der Waals surface area contributed by atoms with Crippen LogP contribution in [0.4, 0.5) is 5.69 Å². The first-order valence-electron chi connectivity index (χ1n) is 8.44. The van der Waals surface area contributed by atoms with Gasteiger partial charge < -0.3 is 20.1 Å². The second kappa shape index (κ2) is 10.2. The summed E-state index contributed by atoms with van der Waals surface area (Å²) < 4.78 is 9.82. The van der Waals surface area contributed by atoms with E-state index in [1.165, 1.54) is 7.11 Å². The normalized spacial score (nSPS) is 11.5. The fourth-order valence-electron chi connectivity index (χ4n) is 2.50. The largest absolute Gasteiger partial charge is 0.497 e. The van der Waals surface area contributed by atoms with Crippen molar-refractivity contribution in [1.82, 2.24) is 5.32 Å². The van der Waals surface area contributed by atoms with E-state index >= 15 is 0 Å². The monoisotopic (exact) mass is 356 g/mol. The Hall–Kier alpha value is -2.86. The van der Waals surface area contributed by atoms with Crippen molar-refractivity contribution in [2.24, 2.45) is 0 Å². The highest BCUT2D eigenvalue weighted by atomic mass is 16.5. The zero-order valence-corrected chi connectivity index (χ0v) is 15.0. The summed E-state index contributed by atoms with van der Waals surface area (Å²) in [4.78, 5) is 24.0. The van der Waals surface area contributed by atoms with Gasteiger partial charge >= 0.3 is 5.97 Å². The number of methoxy groups -OCH3 is 2. The van der Waals surface area contributed by atoms with Crippen LogP contribution in [-0.4, -0.2) is 32.6 Å². The molecular weight excluding hydrogens is 332 g/mol. The van der Waals surface area contributed by atoms with Crippen molar-refractivity contribution in [1.29, 1.82) is 0 Å². The highest BCUT2D eigenvalue weighted by Crippen LogP contribution is 2.20. The summed E-state index contributed by atoms with van der Waals surface area (Å²) in [7, 11) is 2.95. The van der Waals surface area contributed by atoms with E-state index in [4.69, 9.17) is 4.74 Å². The van der Waals surface area contributed by atoms with Crippen molar-refractivity contribution in [3.05, 3.63) is 60.2 Å². The molecule has 0 saturated heterocycles. The summed E-state index contributed by atoms with van der Waals surface area (Å²) in [6, 6.07) is 16.1. The molecule has 2 aromatic rings. The fourth-order valence-corrected chi connectivity index (χ4v) is 2.50. The average molecular weight is 356 g/mol. The highest BCUT2D eigenvalue weighted by Gasteiger charge is 2.20. The van der Waals surface area contributed by atoms with Gasteiger partial charge in [-0.05, 0) is 30.7 Å². The molecule has 2 aromatic carbocycles. The molecule has 26 heavy (non-hydrogen) atoms. The van der Waals surface area contributed by atoms with Gasteiger partial charge in [0.05, 0.1) is 14.2 Å². The smallest absolute Gasteiger partial charge is 0.305 e. The van der Waals surface area contributed by atoms with Gasteiger partial charge in [0, 0.05) is 18.2 Å². The summed E-state index contributed by atoms with van der Waals surface area (Å²) in [5.74, 6) is 0.233. The first-order valence-corrected chi connectivity index (χ1v) is 8.44. The lowest BCUT2D eigenvalue weighted by Crippen LogP contribution is -2.33. The molecule has 2 rings (SSSR count). The second-order valence-corrected chi connectivity index (χ2v) is 5.70. The van der Waals surface area contributed by atoms with E-state index in [2.05, 4.69) is 15.4 Å². The van der Waals surface area contributed by atoms with Gasteiger partial charge in [-0.15, -0.1) is 0 Å². The maximum absolute atomic E-state index is 12.8. The van der Waals surface area contributed by atoms with Crippen molar-refractivity contribution in [3.63, 3.8) is 0 Å². The molecule has 0 bridgehead atoms. The lowest BCUT2D eigenvalue weighted by atomic mass is 10.1. The van der Waals surface area contributed by atoms with Crippen LogP contribution in [0.1, 0.15) is 24.4 Å². The van der Waals surface area contributed by atoms with Gasteiger partial charge in [0.15, 0.2) is 0 Å². The quantitative estimate of drug-likeness (QED) is 0.534. The van der Waals surface area contributed by atoms with Crippen LogP contribution < -0.4 is 15.4 Å². The third-order valence-electron chi connectivity index (χ3n) is 3.87. The summed E-state index contributed by atoms with van der Waals surface area (Å²) in [5, 5.41) is 6.12. The van der Waals surface area contributed by atoms with Crippen molar-refractivity contribution in [3.8, 4) is 5.75 Å². The predicted octanol–water partition coefficient (Wildman–Crippen LogP) is 2.92. The summed E-state index contributed by atoms with van der Waals surface area (Å²) in [6.07, 6.45) is 0.894. The Morgan fingerprint density at radius 1 is 1.04 bits per heavy atom. The van der Waals surface area contributed by atoms with Gasteiger partial charge in [0.1, 0.15) is 11.8 Å². The Morgan fingerprint density at radius 3 is 2.50 bits per heavy atom. The van der Waals surface area contributed by atoms with Crippen molar-refractivity contribution in [2.75, 3.05) is 26.1 Å². The van der Waals surface area contributed by atoms with E-state index in [1.807, 2.05) is 42.5 Å². The number of esters is 1. The maximum atomic E-state index is 12.8. The number of ether oxygens (including phenoxy) is 2. The highest BCUT2D eigenvalue weighted by molar-refractivity contribution is 5.95. The topological polar surface area (TPSA) is 76.7 Å². The third-order valence-corrected chi connectivity index (χ3v) is 3.87. The van der Waals surface area contributed by atoms with Gasteiger partial charge in [-0.3, -0.25) is 9.59 Å². The number of benzene rings is 2. The van der Waals surface area contributed by atoms with Crippen LogP contribution in [0, 0.1) is 0 Å². The molecule has 0 aliphatic carbocycles. The first-order chi connectivity index (χ1) is 12.6. The Balaban J connectivity index is 2.04. The van der Waals surface area contributed by atoms with Crippen molar-refractivity contribution in [2.45, 2.75) is 18.9 Å². The molecule has 1 atom stereocenters. The molecule has 0 radical (unpaired) electrons. The SMILES string of the molecule is COC(=O)CCCN[C@H](C(=O)Nc1cccc(OC)c1)c1ccccc1. The number of hydrogen-bond donors (Lipinski definition) is 2. The molecule has 0 spiro atoms. The molecule has 0 aliphatic rings. The van der Waals surface area contributed by atoms with E-state index in [9.17, 15) is 9.59 Å². The Morgan fingerprint density at radius 2 is 1.81 bits per heavy atom. The predicted molar refractivity (Wildman–Crippen MR) is 100 cm³/mol. The zero-order valence-electron chi connectivity index (χ0n) is 15.0. The maximum Gasteiger partial charge on any atom is 0.305 e. The number of nitrogens with one attached hydrogen (secondary N) is 2. The number of rotatable bonds is 9. The summed E-state index contributed by atoms with van der Waals surface area (Å²) in [5.41, 5.74) is 1.51. The Bertz CT molecular complexity index is 719. The van der Waals surface area contributed by atoms with Crippen LogP contribution in [0.3, 0.4) is 0 Å². The molecule has 0 fully saturated rings. The van der Waals surface area contributed by atoms with Crippen molar-refractivity contribution < 1.29 is 19.1 Å². The van der Waals surface area contributed by atoms with Crippen LogP contribution in [0.25, 0.3) is 0 Å². The zero-order chi connectivity index (χ0) is 18.8. The number of carbonyl (C=O) groups excluding carboxylic acids is 2. The second-order valence-electron chi connectivity index (χ2n) is 5.70. The van der Waals surface area contributed by atoms with Crippen molar-refractivity contribution >= 4 is 17.6 Å². The van der Waals surface area contributed by atoms with Crippen LogP contribution in [0.5, 0.6) is 5.75 Å². The van der Waals surface area contributed by atoms with E-state index in [1.54, 1.807) is 19.2 Å². The molecule has 6 heteroatoms. The van der Waals surface area contributed by atoms with Gasteiger partial charge in [-0.1, -0.05) is 36.4 Å². The van der Waals surface area contributed by atoms with Crippen LogP contribution in [-0.2, 0) is 14.3 Å². The minimum absolute atomic E-state index is 0.178. The van der Waals surface area contributed by atoms with Gasteiger partial charge in [-0.25, -0.2) is 0 Å². The molecule has 0 aromatic heterocycles. The minimum atomic E-state index is -0.528. The number of anilines is 1. The van der Waals surface area contributed by atoms with Gasteiger partial charge in [0.2, 0.25) is 5.91 Å². The molecular formula is C20H24N2O4. The lowest BCUT2D eigenvalue weighted by Gasteiger charge is -2.19. The number of amides is 1. The van der Waals surface area contributed by atoms with E-state index in [0.717, 1.165) is 5.56 Å². The molecule has 0 aliphatic heterocycles. The molecule has 0 saturated carbocycles. The van der Waals surface area contributed by atoms with Gasteiger partial charge in [0.25, 0.3) is 0 Å². The molecule has 6 nitrogen and oxygen atoms in total. The fraction of sp³-hybridized carbons (Fsp3) is 0.300. The van der Waals surface area contributed by atoms with Crippen LogP contribution in [0.2, 0.25) is 0 Å². The third kappa shape index (κ3) is 5.89. The Kier molecular flexibility index (Phi) is 7.64. The summed E-state index contributed by atoms with van der Waals surface area (Å²) >= 11 is 0. The Labute approximate surface area is 153 Å². The summed E-state index contributed by atoms with van der Waals surface area (Å²) in [6.45, 7) is 0.514. The molecule has 2 N–H and O–H groups in total. The molecule has 0 unspecified atom stereocenters. The standard InChI is InChI=1S/C20H24N2O4/c1-25-17-11-6-10-16(14-17)22-20(24)19(15-8-4-3-5-9-15)21-13-7-12-18(23)26-2/h3-6,8-11,14,19,21H,7,12-13H2,1-2H3,(H,22,24)/t19-/m0/s1. The molecule has 138 valence electrons. The van der Waals surface area contributed by atoms with E-state index in [0.29, 0.717) is 30.8 Å². The van der Waals surface area contributed by atoms with E-state index in [-0.39, 0.29) is 11.9 Å². The molecule has 0 heterocycles. The first kappa shape index (κ1) is 19.5. The minimum Gasteiger partial charge on any atom is -0.497 e. The number of carbonyl (C=O) groups is 2. The number of hydrogen-bond acceptors (Lipinski definition) is 5. The van der Waals surface area contributed by atoms with Gasteiger partial charge in [-0.2, -0.15) is 0 Å². The molecule has 1 amide bonds. The van der Waals surface area contributed by atoms with E-state index < -0.39 is 6.04 Å². The van der Waals surface area contributed by atoms with Crippen LogP contribution >= 0.6 is 0 Å².